The fourth-order valence-electron chi connectivity index (χ4n) is 6.04. The zero-order chi connectivity index (χ0) is 28.8. The van der Waals surface area contributed by atoms with Crippen LogP contribution in [0.15, 0.2) is 152 Å². The van der Waals surface area contributed by atoms with Crippen molar-refractivity contribution in [1.29, 1.82) is 5.26 Å². The first-order chi connectivity index (χ1) is 21.2. The van der Waals surface area contributed by atoms with Crippen molar-refractivity contribution in [1.82, 2.24) is 9.55 Å². The quantitative estimate of drug-likeness (QED) is 0.220. The van der Waals surface area contributed by atoms with Gasteiger partial charge in [-0.05, 0) is 98.4 Å². The lowest BCUT2D eigenvalue weighted by molar-refractivity contribution is 1.11. The number of para-hydroxylation sites is 3. The number of rotatable bonds is 4. The maximum Gasteiger partial charge on any atom is 0.146 e. The van der Waals surface area contributed by atoms with Crippen LogP contribution in [0, 0.1) is 11.3 Å². The molecule has 0 bridgehead atoms. The van der Waals surface area contributed by atoms with Crippen molar-refractivity contribution in [2.24, 2.45) is 0 Å². The number of benzene rings is 7. The van der Waals surface area contributed by atoms with Gasteiger partial charge in [-0.3, -0.25) is 4.57 Å². The lowest BCUT2D eigenvalue weighted by Crippen LogP contribution is -1.98. The Kier molecular flexibility index (Phi) is 5.84. The molecule has 0 fully saturated rings. The lowest BCUT2D eigenvalue weighted by atomic mass is 9.95. The molecule has 8 rings (SSSR count). The molecule has 0 saturated carbocycles. The summed E-state index contributed by atoms with van der Waals surface area (Å²) in [4.78, 5) is 5.15. The number of aromatic nitrogens is 2. The van der Waals surface area contributed by atoms with Gasteiger partial charge in [0.2, 0.25) is 0 Å². The highest BCUT2D eigenvalue weighted by molar-refractivity contribution is 6.00. The third kappa shape index (κ3) is 4.34. The van der Waals surface area contributed by atoms with Gasteiger partial charge in [0.05, 0.1) is 22.7 Å². The Bertz CT molecular complexity index is 2340. The lowest BCUT2D eigenvalue weighted by Gasteiger charge is -2.13. The average molecular weight is 548 g/mol. The molecule has 43 heavy (non-hydrogen) atoms. The normalized spacial score (nSPS) is 11.2. The van der Waals surface area contributed by atoms with Gasteiger partial charge in [-0.2, -0.15) is 5.26 Å². The van der Waals surface area contributed by atoms with E-state index in [1.54, 1.807) is 0 Å². The molecule has 1 heterocycles. The highest BCUT2D eigenvalue weighted by atomic mass is 15.1. The van der Waals surface area contributed by atoms with E-state index in [2.05, 4.69) is 126 Å². The van der Waals surface area contributed by atoms with Crippen molar-refractivity contribution in [2.45, 2.75) is 0 Å². The monoisotopic (exact) mass is 547 g/mol. The van der Waals surface area contributed by atoms with Gasteiger partial charge in [0, 0.05) is 11.3 Å². The Labute approximate surface area is 249 Å². The standard InChI is InChI=1S/C40H25N3/c41-26-27-13-15-28(16-14-27)31-20-17-29-18-21-32(24-34(29)23-31)33-22-19-30-7-6-10-36(37(30)25-33)40-42-38-11-4-5-12-39(38)43(40)35-8-2-1-3-9-35/h1-25H. The number of fused-ring (bicyclic) bond motifs is 3. The predicted octanol–water partition coefficient (Wildman–Crippen LogP) is 10.2. The summed E-state index contributed by atoms with van der Waals surface area (Å²) in [5.74, 6) is 0.931. The first-order valence-electron chi connectivity index (χ1n) is 14.4. The molecule has 3 nitrogen and oxygen atoms in total. The molecular weight excluding hydrogens is 522 g/mol. The fourth-order valence-corrected chi connectivity index (χ4v) is 6.04. The SMILES string of the molecule is N#Cc1ccc(-c2ccc3ccc(-c4ccc5cccc(-c6nc7ccccc7n6-c6ccccc6)c5c4)cc3c2)cc1. The zero-order valence-corrected chi connectivity index (χ0v) is 23.3. The van der Waals surface area contributed by atoms with Crippen molar-refractivity contribution < 1.29 is 0 Å². The van der Waals surface area contributed by atoms with E-state index in [4.69, 9.17) is 4.98 Å². The van der Waals surface area contributed by atoms with Crippen molar-refractivity contribution in [3.05, 3.63) is 157 Å². The molecule has 0 radical (unpaired) electrons. The van der Waals surface area contributed by atoms with E-state index in [0.29, 0.717) is 5.56 Å². The summed E-state index contributed by atoms with van der Waals surface area (Å²) in [6.07, 6.45) is 0. The summed E-state index contributed by atoms with van der Waals surface area (Å²) in [5.41, 5.74) is 9.48. The minimum Gasteiger partial charge on any atom is -0.292 e. The summed E-state index contributed by atoms with van der Waals surface area (Å²) in [6.45, 7) is 0. The minimum absolute atomic E-state index is 0.668. The number of nitrogens with zero attached hydrogens (tertiary/aromatic N) is 3. The summed E-state index contributed by atoms with van der Waals surface area (Å²) in [5, 5.41) is 13.9. The maximum absolute atomic E-state index is 9.17. The van der Waals surface area contributed by atoms with Gasteiger partial charge < -0.3 is 0 Å². The van der Waals surface area contributed by atoms with Crippen LogP contribution in [0.3, 0.4) is 0 Å². The molecule has 0 spiro atoms. The van der Waals surface area contributed by atoms with Crippen LogP contribution in [-0.4, -0.2) is 9.55 Å². The van der Waals surface area contributed by atoms with Crippen LogP contribution in [0.1, 0.15) is 5.56 Å². The van der Waals surface area contributed by atoms with Gasteiger partial charge in [-0.15, -0.1) is 0 Å². The third-order valence-corrected chi connectivity index (χ3v) is 8.22. The molecule has 200 valence electrons. The van der Waals surface area contributed by atoms with Crippen LogP contribution in [-0.2, 0) is 0 Å². The second-order valence-corrected chi connectivity index (χ2v) is 10.8. The van der Waals surface area contributed by atoms with E-state index in [9.17, 15) is 5.26 Å². The molecule has 0 aliphatic heterocycles. The highest BCUT2D eigenvalue weighted by Gasteiger charge is 2.16. The molecule has 0 saturated heterocycles. The molecule has 0 atom stereocenters. The Balaban J connectivity index is 1.27. The molecule has 1 aromatic heterocycles. The van der Waals surface area contributed by atoms with E-state index < -0.39 is 0 Å². The van der Waals surface area contributed by atoms with Crippen LogP contribution < -0.4 is 0 Å². The van der Waals surface area contributed by atoms with Gasteiger partial charge in [0.15, 0.2) is 0 Å². The molecule has 8 aromatic rings. The van der Waals surface area contributed by atoms with E-state index in [1.165, 1.54) is 21.5 Å². The summed E-state index contributed by atoms with van der Waals surface area (Å²) in [6, 6.07) is 55.1. The van der Waals surface area contributed by atoms with Crippen LogP contribution in [0.5, 0.6) is 0 Å². The Hall–Kier alpha value is -5.98. The van der Waals surface area contributed by atoms with E-state index >= 15 is 0 Å². The van der Waals surface area contributed by atoms with Crippen molar-refractivity contribution in [3.8, 4) is 45.4 Å². The average Bonchev–Trinajstić information content (AvgIpc) is 3.47. The Morgan fingerprint density at radius 2 is 1.16 bits per heavy atom. The van der Waals surface area contributed by atoms with E-state index in [0.717, 1.165) is 50.4 Å². The first-order valence-corrected chi connectivity index (χ1v) is 14.4. The molecule has 7 aromatic carbocycles. The van der Waals surface area contributed by atoms with Crippen molar-refractivity contribution in [2.75, 3.05) is 0 Å². The topological polar surface area (TPSA) is 41.6 Å². The number of hydrogen-bond donors (Lipinski definition) is 0. The fraction of sp³-hybridized carbons (Fsp3) is 0. The van der Waals surface area contributed by atoms with Crippen LogP contribution in [0.4, 0.5) is 0 Å². The Morgan fingerprint density at radius 3 is 1.93 bits per heavy atom. The van der Waals surface area contributed by atoms with Crippen molar-refractivity contribution in [3.63, 3.8) is 0 Å². The molecule has 3 heteroatoms. The molecular formula is C40H25N3. The van der Waals surface area contributed by atoms with Gasteiger partial charge in [-0.1, -0.05) is 97.1 Å². The van der Waals surface area contributed by atoms with E-state index in [-0.39, 0.29) is 0 Å². The van der Waals surface area contributed by atoms with Gasteiger partial charge in [0.25, 0.3) is 0 Å². The van der Waals surface area contributed by atoms with E-state index in [1.807, 2.05) is 36.4 Å². The second kappa shape index (κ2) is 10.1. The number of hydrogen-bond acceptors (Lipinski definition) is 2. The molecule has 0 amide bonds. The summed E-state index contributed by atoms with van der Waals surface area (Å²) < 4.78 is 2.26. The van der Waals surface area contributed by atoms with Crippen LogP contribution in [0.25, 0.3) is 71.9 Å². The molecule has 0 unspecified atom stereocenters. The minimum atomic E-state index is 0.668. The number of nitriles is 1. The maximum atomic E-state index is 9.17. The third-order valence-electron chi connectivity index (χ3n) is 8.22. The van der Waals surface area contributed by atoms with Crippen LogP contribution in [0.2, 0.25) is 0 Å². The summed E-state index contributed by atoms with van der Waals surface area (Å²) in [7, 11) is 0. The molecule has 0 N–H and O–H groups in total. The Morgan fingerprint density at radius 1 is 0.512 bits per heavy atom. The highest BCUT2D eigenvalue weighted by Crippen LogP contribution is 2.36. The molecule has 0 aliphatic rings. The largest absolute Gasteiger partial charge is 0.292 e. The van der Waals surface area contributed by atoms with Crippen molar-refractivity contribution >= 4 is 32.6 Å². The van der Waals surface area contributed by atoms with Gasteiger partial charge >= 0.3 is 0 Å². The number of imidazole rings is 1. The summed E-state index contributed by atoms with van der Waals surface area (Å²) >= 11 is 0. The zero-order valence-electron chi connectivity index (χ0n) is 23.3. The molecule has 0 aliphatic carbocycles. The van der Waals surface area contributed by atoms with Gasteiger partial charge in [-0.25, -0.2) is 4.98 Å². The predicted molar refractivity (Wildman–Crippen MR) is 177 cm³/mol. The smallest absolute Gasteiger partial charge is 0.146 e. The second-order valence-electron chi connectivity index (χ2n) is 10.8. The van der Waals surface area contributed by atoms with Crippen LogP contribution >= 0.6 is 0 Å². The van der Waals surface area contributed by atoms with Gasteiger partial charge in [0.1, 0.15) is 5.82 Å². The first kappa shape index (κ1) is 24.8.